The SMILES string of the molecule is COC(=O)Cc1ccc2c(c1)NC(=O)[C@H](C)CCC[C@H](N1CCC(c3ccc(C)cc3)=CC1=O)c1cc-2ccn1. The van der Waals surface area contributed by atoms with E-state index in [1.807, 2.05) is 42.2 Å². The first-order valence-corrected chi connectivity index (χ1v) is 13.9. The van der Waals surface area contributed by atoms with Crippen molar-refractivity contribution >= 4 is 29.0 Å². The van der Waals surface area contributed by atoms with Crippen LogP contribution in [0.25, 0.3) is 16.7 Å². The predicted molar refractivity (Wildman–Crippen MR) is 155 cm³/mol. The number of fused-ring (bicyclic) bond motifs is 4. The van der Waals surface area contributed by atoms with Crippen molar-refractivity contribution in [2.75, 3.05) is 19.0 Å². The summed E-state index contributed by atoms with van der Waals surface area (Å²) in [5, 5.41) is 3.09. The Morgan fingerprint density at radius 3 is 2.60 bits per heavy atom. The fraction of sp³-hybridized carbons (Fsp3) is 0.333. The van der Waals surface area contributed by atoms with E-state index in [4.69, 9.17) is 9.72 Å². The molecule has 2 aromatic carbocycles. The normalized spacial score (nSPS) is 19.5. The van der Waals surface area contributed by atoms with E-state index in [1.165, 1.54) is 12.7 Å². The molecule has 1 N–H and O–H groups in total. The molecule has 2 aliphatic rings. The minimum absolute atomic E-state index is 0.00948. The molecule has 40 heavy (non-hydrogen) atoms. The van der Waals surface area contributed by atoms with Crippen LogP contribution in [0.1, 0.15) is 61.0 Å². The molecule has 0 saturated heterocycles. The van der Waals surface area contributed by atoms with Crippen LogP contribution in [0.5, 0.6) is 0 Å². The van der Waals surface area contributed by atoms with E-state index in [-0.39, 0.29) is 36.2 Å². The summed E-state index contributed by atoms with van der Waals surface area (Å²) in [5.41, 5.74) is 7.30. The van der Waals surface area contributed by atoms with Crippen LogP contribution in [0.2, 0.25) is 0 Å². The van der Waals surface area contributed by atoms with Crippen molar-refractivity contribution in [3.8, 4) is 11.1 Å². The highest BCUT2D eigenvalue weighted by Crippen LogP contribution is 2.36. The minimum Gasteiger partial charge on any atom is -0.469 e. The molecule has 0 aliphatic carbocycles. The van der Waals surface area contributed by atoms with Crippen molar-refractivity contribution in [2.24, 2.45) is 5.92 Å². The molecule has 2 atom stereocenters. The highest BCUT2D eigenvalue weighted by molar-refractivity contribution is 5.98. The standard InChI is InChI=1S/C33H35N3O4/c1-21-7-10-24(11-8-21)25-14-16-36(31(37)20-25)30-6-4-5-22(2)33(39)35-28-17-23(18-32(38)40-3)9-12-27(28)26-13-15-34-29(30)19-26/h7-13,15,17,19-20,22,30H,4-6,14,16,18H2,1-3H3,(H,35,39)/t22-,30+/m1/s1. The van der Waals surface area contributed by atoms with Crippen molar-refractivity contribution in [3.05, 3.63) is 89.3 Å². The van der Waals surface area contributed by atoms with Gasteiger partial charge in [-0.3, -0.25) is 19.4 Å². The number of methoxy groups -OCH3 is 1. The average molecular weight is 538 g/mol. The maximum absolute atomic E-state index is 13.5. The van der Waals surface area contributed by atoms with E-state index in [2.05, 4.69) is 36.5 Å². The number of rotatable bonds is 4. The lowest BCUT2D eigenvalue weighted by atomic mass is 9.92. The van der Waals surface area contributed by atoms with Gasteiger partial charge in [0, 0.05) is 36.0 Å². The molecule has 7 heteroatoms. The number of anilines is 1. The van der Waals surface area contributed by atoms with Gasteiger partial charge in [-0.05, 0) is 66.6 Å². The number of amides is 2. The summed E-state index contributed by atoms with van der Waals surface area (Å²) in [6, 6.07) is 17.7. The average Bonchev–Trinajstić information content (AvgIpc) is 2.95. The molecular weight excluding hydrogens is 502 g/mol. The molecule has 2 amide bonds. The quantitative estimate of drug-likeness (QED) is 0.420. The van der Waals surface area contributed by atoms with Crippen molar-refractivity contribution < 1.29 is 19.1 Å². The second-order valence-corrected chi connectivity index (χ2v) is 10.8. The number of ether oxygens (including phenoxy) is 1. The maximum atomic E-state index is 13.5. The van der Waals surface area contributed by atoms with Crippen LogP contribution >= 0.6 is 0 Å². The summed E-state index contributed by atoms with van der Waals surface area (Å²) in [5.74, 6) is -0.631. The third-order valence-electron chi connectivity index (χ3n) is 7.92. The van der Waals surface area contributed by atoms with Gasteiger partial charge in [0.05, 0.1) is 25.3 Å². The van der Waals surface area contributed by atoms with Crippen LogP contribution in [0.15, 0.2) is 66.9 Å². The number of hydrogen-bond donors (Lipinski definition) is 1. The van der Waals surface area contributed by atoms with Gasteiger partial charge in [-0.15, -0.1) is 0 Å². The number of pyridine rings is 1. The van der Waals surface area contributed by atoms with Crippen LogP contribution in [-0.2, 0) is 25.5 Å². The van der Waals surface area contributed by atoms with E-state index < -0.39 is 0 Å². The van der Waals surface area contributed by atoms with Gasteiger partial charge in [-0.25, -0.2) is 0 Å². The molecule has 0 fully saturated rings. The minimum atomic E-state index is -0.340. The first kappa shape index (κ1) is 27.3. The molecular formula is C33H35N3O4. The lowest BCUT2D eigenvalue weighted by Crippen LogP contribution is -2.38. The Bertz CT molecular complexity index is 1460. The third-order valence-corrected chi connectivity index (χ3v) is 7.92. The summed E-state index contributed by atoms with van der Waals surface area (Å²) < 4.78 is 4.83. The number of esters is 1. The fourth-order valence-corrected chi connectivity index (χ4v) is 5.52. The topological polar surface area (TPSA) is 88.6 Å². The zero-order chi connectivity index (χ0) is 28.2. The molecule has 5 rings (SSSR count). The van der Waals surface area contributed by atoms with Crippen molar-refractivity contribution in [1.82, 2.24) is 9.88 Å². The van der Waals surface area contributed by atoms with Gasteiger partial charge in [-0.2, -0.15) is 0 Å². The summed E-state index contributed by atoms with van der Waals surface area (Å²) in [6.07, 6.45) is 6.61. The number of carbonyl (C=O) groups excluding carboxylic acids is 3. The van der Waals surface area contributed by atoms with Crippen molar-refractivity contribution in [2.45, 2.75) is 52.0 Å². The fourth-order valence-electron chi connectivity index (χ4n) is 5.52. The largest absolute Gasteiger partial charge is 0.469 e. The number of hydrogen-bond acceptors (Lipinski definition) is 5. The molecule has 0 spiro atoms. The number of carbonyl (C=O) groups is 3. The first-order valence-electron chi connectivity index (χ1n) is 13.9. The van der Waals surface area contributed by atoms with Crippen LogP contribution < -0.4 is 5.32 Å². The first-order chi connectivity index (χ1) is 19.3. The van der Waals surface area contributed by atoms with Crippen LogP contribution in [-0.4, -0.2) is 41.3 Å². The van der Waals surface area contributed by atoms with E-state index in [0.717, 1.165) is 52.8 Å². The Labute approximate surface area is 235 Å². The van der Waals surface area contributed by atoms with Gasteiger partial charge in [0.2, 0.25) is 11.8 Å². The molecule has 0 saturated carbocycles. The highest BCUT2D eigenvalue weighted by atomic mass is 16.5. The van der Waals surface area contributed by atoms with Gasteiger partial charge < -0.3 is 15.0 Å². The van der Waals surface area contributed by atoms with Gasteiger partial charge in [0.25, 0.3) is 0 Å². The van der Waals surface area contributed by atoms with Crippen LogP contribution in [0, 0.1) is 12.8 Å². The van der Waals surface area contributed by atoms with Gasteiger partial charge in [0.1, 0.15) is 0 Å². The molecule has 2 aliphatic heterocycles. The van der Waals surface area contributed by atoms with Gasteiger partial charge in [0.15, 0.2) is 0 Å². The van der Waals surface area contributed by atoms with E-state index in [9.17, 15) is 14.4 Å². The summed E-state index contributed by atoms with van der Waals surface area (Å²) in [7, 11) is 1.36. The van der Waals surface area contributed by atoms with Gasteiger partial charge >= 0.3 is 5.97 Å². The van der Waals surface area contributed by atoms with E-state index >= 15 is 0 Å². The number of benzene rings is 2. The molecule has 206 valence electrons. The molecule has 0 radical (unpaired) electrons. The Morgan fingerprint density at radius 2 is 1.85 bits per heavy atom. The molecule has 3 heterocycles. The van der Waals surface area contributed by atoms with E-state index in [1.54, 1.807) is 12.3 Å². The lowest BCUT2D eigenvalue weighted by molar-refractivity contribution is -0.139. The number of aromatic nitrogens is 1. The Kier molecular flexibility index (Phi) is 8.10. The Hall–Kier alpha value is -4.26. The summed E-state index contributed by atoms with van der Waals surface area (Å²) in [4.78, 5) is 45.2. The van der Waals surface area contributed by atoms with Crippen molar-refractivity contribution in [1.29, 1.82) is 0 Å². The van der Waals surface area contributed by atoms with Crippen LogP contribution in [0.3, 0.4) is 0 Å². The number of aryl methyl sites for hydroxylation is 1. The maximum Gasteiger partial charge on any atom is 0.309 e. The number of nitrogens with one attached hydrogen (secondary N) is 1. The molecule has 3 aromatic rings. The Balaban J connectivity index is 1.50. The number of nitrogens with zero attached hydrogens (tertiary/aromatic N) is 2. The third kappa shape index (κ3) is 5.98. The summed E-state index contributed by atoms with van der Waals surface area (Å²) >= 11 is 0. The Morgan fingerprint density at radius 1 is 1.05 bits per heavy atom. The molecule has 1 aromatic heterocycles. The van der Waals surface area contributed by atoms with Crippen LogP contribution in [0.4, 0.5) is 5.69 Å². The van der Waals surface area contributed by atoms with E-state index in [0.29, 0.717) is 18.7 Å². The molecule has 7 nitrogen and oxygen atoms in total. The second-order valence-electron chi connectivity index (χ2n) is 10.8. The second kappa shape index (κ2) is 11.9. The van der Waals surface area contributed by atoms with Crippen molar-refractivity contribution in [3.63, 3.8) is 0 Å². The molecule has 0 unspecified atom stereocenters. The lowest BCUT2D eigenvalue weighted by Gasteiger charge is -2.34. The zero-order valence-electron chi connectivity index (χ0n) is 23.3. The zero-order valence-corrected chi connectivity index (χ0v) is 23.3. The summed E-state index contributed by atoms with van der Waals surface area (Å²) in [6.45, 7) is 4.59. The molecule has 2 bridgehead atoms. The highest BCUT2D eigenvalue weighted by Gasteiger charge is 2.30. The monoisotopic (exact) mass is 537 g/mol. The van der Waals surface area contributed by atoms with Gasteiger partial charge in [-0.1, -0.05) is 55.3 Å². The predicted octanol–water partition coefficient (Wildman–Crippen LogP) is 5.89. The smallest absolute Gasteiger partial charge is 0.309 e.